The van der Waals surface area contributed by atoms with Crippen molar-refractivity contribution in [1.82, 2.24) is 0 Å². The van der Waals surface area contributed by atoms with Crippen molar-refractivity contribution >= 4 is 15.8 Å². The Morgan fingerprint density at radius 1 is 1.64 bits per heavy atom. The van der Waals surface area contributed by atoms with Crippen LogP contribution in [0, 0.1) is 5.92 Å². The number of hydrogen-bond acceptors (Lipinski definition) is 3. The van der Waals surface area contributed by atoms with Crippen LogP contribution in [0.2, 0.25) is 0 Å². The number of allylic oxidation sites excluding steroid dienone is 2. The highest BCUT2D eigenvalue weighted by Crippen LogP contribution is 2.29. The van der Waals surface area contributed by atoms with Crippen molar-refractivity contribution in [2.75, 3.05) is 6.26 Å². The van der Waals surface area contributed by atoms with Gasteiger partial charge in [-0.2, -0.15) is 0 Å². The van der Waals surface area contributed by atoms with Crippen molar-refractivity contribution in [3.63, 3.8) is 0 Å². The van der Waals surface area contributed by atoms with Crippen LogP contribution in [0.5, 0.6) is 0 Å². The molecule has 0 aromatic heterocycles. The zero-order valence-corrected chi connectivity index (χ0v) is 8.42. The average molecular weight is 222 g/mol. The van der Waals surface area contributed by atoms with E-state index >= 15 is 0 Å². The summed E-state index contributed by atoms with van der Waals surface area (Å²) in [6.07, 6.45) is 0.391. The summed E-state index contributed by atoms with van der Waals surface area (Å²) in [7, 11) is -3.38. The number of carbonyl (C=O) groups is 1. The Balaban J connectivity index is 2.93. The summed E-state index contributed by atoms with van der Waals surface area (Å²) in [5.41, 5.74) is 0. The fraction of sp³-hybridized carbons (Fsp3) is 0.625. The molecule has 4 nitrogen and oxygen atoms in total. The first-order valence-electron chi connectivity index (χ1n) is 4.08. The molecule has 0 radical (unpaired) electrons. The molecule has 0 heterocycles. The summed E-state index contributed by atoms with van der Waals surface area (Å²) in [6, 6.07) is 0. The van der Waals surface area contributed by atoms with Gasteiger partial charge < -0.3 is 5.11 Å². The summed E-state index contributed by atoms with van der Waals surface area (Å²) < 4.78 is 35.2. The Kier molecular flexibility index (Phi) is 2.94. The van der Waals surface area contributed by atoms with Crippen molar-refractivity contribution in [3.8, 4) is 0 Å². The van der Waals surface area contributed by atoms with Crippen molar-refractivity contribution in [2.45, 2.75) is 19.0 Å². The van der Waals surface area contributed by atoms with E-state index in [1.807, 2.05) is 0 Å². The molecule has 6 heteroatoms. The van der Waals surface area contributed by atoms with Crippen LogP contribution < -0.4 is 0 Å². The second kappa shape index (κ2) is 3.68. The molecule has 0 spiro atoms. The molecule has 0 saturated heterocycles. The van der Waals surface area contributed by atoms with Crippen LogP contribution >= 0.6 is 0 Å². The van der Waals surface area contributed by atoms with E-state index in [9.17, 15) is 17.6 Å². The molecule has 80 valence electrons. The maximum Gasteiger partial charge on any atom is 0.309 e. The van der Waals surface area contributed by atoms with E-state index in [0.717, 1.165) is 6.26 Å². The van der Waals surface area contributed by atoms with Crippen LogP contribution in [0.3, 0.4) is 0 Å². The lowest BCUT2D eigenvalue weighted by Gasteiger charge is -2.21. The first-order valence-corrected chi connectivity index (χ1v) is 5.97. The second-order valence-electron chi connectivity index (χ2n) is 3.34. The Hall–Kier alpha value is -0.910. The minimum atomic E-state index is -3.38. The molecule has 0 bridgehead atoms. The van der Waals surface area contributed by atoms with E-state index in [4.69, 9.17) is 5.11 Å². The number of hydrogen-bond donors (Lipinski definition) is 1. The zero-order chi connectivity index (χ0) is 10.9. The number of aliphatic carboxylic acids is 1. The van der Waals surface area contributed by atoms with E-state index in [0.29, 0.717) is 0 Å². The van der Waals surface area contributed by atoms with Gasteiger partial charge in [0.1, 0.15) is 6.17 Å². The Bertz CT molecular complexity index is 371. The first kappa shape index (κ1) is 11.2. The molecule has 0 fully saturated rings. The smallest absolute Gasteiger partial charge is 0.309 e. The van der Waals surface area contributed by atoms with Crippen LogP contribution in [0.4, 0.5) is 4.39 Å². The van der Waals surface area contributed by atoms with Crippen molar-refractivity contribution in [2.24, 2.45) is 5.92 Å². The van der Waals surface area contributed by atoms with E-state index < -0.39 is 27.9 Å². The third-order valence-electron chi connectivity index (χ3n) is 2.22. The third-order valence-corrected chi connectivity index (χ3v) is 3.51. The number of sulfone groups is 1. The fourth-order valence-corrected chi connectivity index (χ4v) is 2.26. The molecule has 0 aliphatic heterocycles. The molecule has 0 aromatic carbocycles. The molecular weight excluding hydrogens is 211 g/mol. The molecule has 1 aliphatic carbocycles. The van der Waals surface area contributed by atoms with Crippen molar-refractivity contribution < 1.29 is 22.7 Å². The van der Waals surface area contributed by atoms with Gasteiger partial charge in [-0.25, -0.2) is 12.8 Å². The second-order valence-corrected chi connectivity index (χ2v) is 5.41. The summed E-state index contributed by atoms with van der Waals surface area (Å²) in [5.74, 6) is -2.52. The van der Waals surface area contributed by atoms with Crippen LogP contribution in [0.1, 0.15) is 12.8 Å². The van der Waals surface area contributed by atoms with Crippen LogP contribution in [0.25, 0.3) is 0 Å². The maximum absolute atomic E-state index is 13.0. The molecular formula is C8H11FO4S. The lowest BCUT2D eigenvalue weighted by atomic mass is 9.92. The van der Waals surface area contributed by atoms with Crippen molar-refractivity contribution in [3.05, 3.63) is 11.0 Å². The lowest BCUT2D eigenvalue weighted by molar-refractivity contribution is -0.144. The van der Waals surface area contributed by atoms with Crippen LogP contribution in [-0.2, 0) is 14.6 Å². The van der Waals surface area contributed by atoms with Gasteiger partial charge in [-0.3, -0.25) is 4.79 Å². The number of carboxylic acid groups (broad SMARTS) is 1. The molecule has 1 rings (SSSR count). The summed E-state index contributed by atoms with van der Waals surface area (Å²) >= 11 is 0. The number of halogens is 1. The van der Waals surface area contributed by atoms with Gasteiger partial charge in [-0.1, -0.05) is 6.08 Å². The normalized spacial score (nSPS) is 28.3. The lowest BCUT2D eigenvalue weighted by Crippen LogP contribution is -2.29. The van der Waals surface area contributed by atoms with Crippen LogP contribution in [-0.4, -0.2) is 31.9 Å². The van der Waals surface area contributed by atoms with Gasteiger partial charge in [-0.05, 0) is 12.8 Å². The van der Waals surface area contributed by atoms with Gasteiger partial charge in [0, 0.05) is 11.2 Å². The number of alkyl halides is 1. The Labute approximate surface area is 81.3 Å². The van der Waals surface area contributed by atoms with E-state index in [2.05, 4.69) is 0 Å². The highest BCUT2D eigenvalue weighted by atomic mass is 32.2. The number of carboxylic acids is 1. The van der Waals surface area contributed by atoms with Crippen molar-refractivity contribution in [1.29, 1.82) is 0 Å². The zero-order valence-electron chi connectivity index (χ0n) is 7.60. The van der Waals surface area contributed by atoms with Gasteiger partial charge in [0.15, 0.2) is 9.84 Å². The summed E-state index contributed by atoms with van der Waals surface area (Å²) in [5, 5.41) is 8.63. The minimum absolute atomic E-state index is 0.0267. The molecule has 1 aliphatic rings. The fourth-order valence-electron chi connectivity index (χ4n) is 1.38. The molecule has 2 unspecified atom stereocenters. The predicted molar refractivity (Wildman–Crippen MR) is 48.2 cm³/mol. The monoisotopic (exact) mass is 222 g/mol. The van der Waals surface area contributed by atoms with E-state index in [-0.39, 0.29) is 17.7 Å². The van der Waals surface area contributed by atoms with Gasteiger partial charge in [0.25, 0.3) is 0 Å². The molecule has 14 heavy (non-hydrogen) atoms. The third kappa shape index (κ3) is 2.31. The van der Waals surface area contributed by atoms with E-state index in [1.165, 1.54) is 6.08 Å². The molecule has 0 saturated carbocycles. The molecule has 1 N–H and O–H groups in total. The SMILES string of the molecule is CS(=O)(=O)C1=CCC(F)C(C(=O)O)C1. The summed E-state index contributed by atoms with van der Waals surface area (Å²) in [4.78, 5) is 10.6. The Morgan fingerprint density at radius 2 is 2.21 bits per heavy atom. The molecule has 0 aromatic rings. The Morgan fingerprint density at radius 3 is 2.64 bits per heavy atom. The minimum Gasteiger partial charge on any atom is -0.481 e. The quantitative estimate of drug-likeness (QED) is 0.748. The number of rotatable bonds is 2. The highest BCUT2D eigenvalue weighted by Gasteiger charge is 2.34. The highest BCUT2D eigenvalue weighted by molar-refractivity contribution is 7.94. The summed E-state index contributed by atoms with van der Waals surface area (Å²) in [6.45, 7) is 0. The van der Waals surface area contributed by atoms with Gasteiger partial charge in [0.05, 0.1) is 5.92 Å². The molecule has 0 amide bonds. The van der Waals surface area contributed by atoms with Gasteiger partial charge in [0.2, 0.25) is 0 Å². The average Bonchev–Trinajstić information content (AvgIpc) is 2.02. The maximum atomic E-state index is 13.0. The topological polar surface area (TPSA) is 71.4 Å². The largest absolute Gasteiger partial charge is 0.481 e. The van der Waals surface area contributed by atoms with Gasteiger partial charge in [-0.15, -0.1) is 0 Å². The van der Waals surface area contributed by atoms with Gasteiger partial charge >= 0.3 is 5.97 Å². The first-order chi connectivity index (χ1) is 6.32. The van der Waals surface area contributed by atoms with E-state index in [1.54, 1.807) is 0 Å². The molecule has 2 atom stereocenters. The predicted octanol–water partition coefficient (Wildman–Crippen LogP) is 0.748. The van der Waals surface area contributed by atoms with Crippen LogP contribution in [0.15, 0.2) is 11.0 Å². The standard InChI is InChI=1S/C8H11FO4S/c1-14(12,13)5-2-3-7(9)6(4-5)8(10)11/h2,6-7H,3-4H2,1H3,(H,10,11).